The average molecular weight is 218 g/mol. The van der Waals surface area contributed by atoms with E-state index in [0.717, 1.165) is 0 Å². The van der Waals surface area contributed by atoms with Crippen LogP contribution in [-0.2, 0) is 9.53 Å². The molecule has 0 radical (unpaired) electrons. The summed E-state index contributed by atoms with van der Waals surface area (Å²) < 4.78 is 5.12. The lowest BCUT2D eigenvalue weighted by molar-refractivity contribution is -0.133. The van der Waals surface area contributed by atoms with E-state index in [1.54, 1.807) is 4.90 Å². The number of hydrazine groups is 1. The highest BCUT2D eigenvalue weighted by Gasteiger charge is 2.16. The monoisotopic (exact) mass is 218 g/mol. The van der Waals surface area contributed by atoms with Crippen molar-refractivity contribution in [2.24, 2.45) is 5.84 Å². The van der Waals surface area contributed by atoms with Gasteiger partial charge in [0.1, 0.15) is 0 Å². The summed E-state index contributed by atoms with van der Waals surface area (Å²) in [6.45, 7) is 2.66. The maximum absolute atomic E-state index is 11.5. The molecule has 1 heterocycles. The van der Waals surface area contributed by atoms with Gasteiger partial charge in [-0.2, -0.15) is 0 Å². The largest absolute Gasteiger partial charge is 0.378 e. The molecule has 1 rings (SSSR count). The van der Waals surface area contributed by atoms with Gasteiger partial charge in [0.15, 0.2) is 5.11 Å². The van der Waals surface area contributed by atoms with Crippen molar-refractivity contribution in [3.63, 3.8) is 0 Å². The molecule has 1 aliphatic heterocycles. The Hall–Kier alpha value is -0.920. The molecule has 0 aromatic heterocycles. The molecule has 1 saturated heterocycles. The highest BCUT2D eigenvalue weighted by molar-refractivity contribution is 7.80. The zero-order chi connectivity index (χ0) is 10.4. The number of hydrogen-bond donors (Lipinski definition) is 3. The van der Waals surface area contributed by atoms with Crippen LogP contribution < -0.4 is 16.6 Å². The molecule has 4 N–H and O–H groups in total. The standard InChI is InChI=1S/C7H14N4O2S/c8-10-7(14)9-5-6(12)11-1-3-13-4-2-11/h1-5,8H2,(H2,9,10,14). The van der Waals surface area contributed by atoms with Crippen molar-refractivity contribution in [2.45, 2.75) is 0 Å². The van der Waals surface area contributed by atoms with E-state index in [4.69, 9.17) is 22.8 Å². The van der Waals surface area contributed by atoms with Gasteiger partial charge in [-0.25, -0.2) is 5.84 Å². The van der Waals surface area contributed by atoms with Crippen LogP contribution in [0.15, 0.2) is 0 Å². The number of nitrogens with zero attached hydrogens (tertiary/aromatic N) is 1. The maximum Gasteiger partial charge on any atom is 0.242 e. The minimum absolute atomic E-state index is 0.00546. The molecule has 0 aromatic carbocycles. The summed E-state index contributed by atoms with van der Waals surface area (Å²) in [7, 11) is 0. The van der Waals surface area contributed by atoms with Crippen molar-refractivity contribution in [3.8, 4) is 0 Å². The molecule has 0 spiro atoms. The first kappa shape index (κ1) is 11.2. The molecule has 0 unspecified atom stereocenters. The van der Waals surface area contributed by atoms with Gasteiger partial charge in [0.25, 0.3) is 0 Å². The summed E-state index contributed by atoms with van der Waals surface area (Å²) in [5, 5.41) is 2.96. The first-order chi connectivity index (χ1) is 6.74. The van der Waals surface area contributed by atoms with Crippen LogP contribution in [0.4, 0.5) is 0 Å². The van der Waals surface area contributed by atoms with Gasteiger partial charge in [0.05, 0.1) is 19.8 Å². The number of carbonyl (C=O) groups is 1. The van der Waals surface area contributed by atoms with Crippen molar-refractivity contribution in [1.29, 1.82) is 0 Å². The molecule has 0 saturated carbocycles. The number of carbonyl (C=O) groups excluding carboxylic acids is 1. The molecule has 14 heavy (non-hydrogen) atoms. The van der Waals surface area contributed by atoms with Crippen LogP contribution in [0.1, 0.15) is 0 Å². The summed E-state index contributed by atoms with van der Waals surface area (Å²) in [5.74, 6) is 5.04. The van der Waals surface area contributed by atoms with Gasteiger partial charge in [-0.3, -0.25) is 4.79 Å². The van der Waals surface area contributed by atoms with E-state index < -0.39 is 0 Å². The number of amides is 1. The first-order valence-electron chi connectivity index (χ1n) is 4.34. The van der Waals surface area contributed by atoms with E-state index in [9.17, 15) is 4.79 Å². The average Bonchev–Trinajstić information content (AvgIpc) is 2.26. The Bertz CT molecular complexity index is 218. The Kier molecular flexibility index (Phi) is 4.57. The fraction of sp³-hybridized carbons (Fsp3) is 0.714. The number of nitrogens with two attached hydrogens (primary N) is 1. The number of hydrogen-bond acceptors (Lipinski definition) is 4. The van der Waals surface area contributed by atoms with E-state index in [2.05, 4.69) is 10.7 Å². The molecule has 1 fully saturated rings. The molecule has 0 bridgehead atoms. The third-order valence-corrected chi connectivity index (χ3v) is 2.16. The van der Waals surface area contributed by atoms with Crippen molar-refractivity contribution < 1.29 is 9.53 Å². The van der Waals surface area contributed by atoms with E-state index >= 15 is 0 Å². The Morgan fingerprint density at radius 1 is 1.50 bits per heavy atom. The Morgan fingerprint density at radius 3 is 2.71 bits per heavy atom. The molecule has 0 aliphatic carbocycles. The molecule has 6 nitrogen and oxygen atoms in total. The summed E-state index contributed by atoms with van der Waals surface area (Å²) in [6.07, 6.45) is 0. The van der Waals surface area contributed by atoms with Crippen LogP contribution in [0.5, 0.6) is 0 Å². The smallest absolute Gasteiger partial charge is 0.242 e. The van der Waals surface area contributed by atoms with Gasteiger partial charge in [-0.1, -0.05) is 0 Å². The van der Waals surface area contributed by atoms with Crippen molar-refractivity contribution in [1.82, 2.24) is 15.6 Å². The number of ether oxygens (including phenoxy) is 1. The fourth-order valence-corrected chi connectivity index (χ4v) is 1.20. The zero-order valence-corrected chi connectivity index (χ0v) is 8.60. The summed E-state index contributed by atoms with van der Waals surface area (Å²) >= 11 is 4.73. The van der Waals surface area contributed by atoms with Crippen LogP contribution in [-0.4, -0.2) is 48.8 Å². The molecule has 1 amide bonds. The molecule has 80 valence electrons. The second kappa shape index (κ2) is 5.74. The highest BCUT2D eigenvalue weighted by Crippen LogP contribution is 1.96. The number of rotatable bonds is 2. The predicted molar refractivity (Wildman–Crippen MR) is 55.3 cm³/mol. The molecule has 1 aliphatic rings. The van der Waals surface area contributed by atoms with Gasteiger partial charge in [-0.05, 0) is 12.2 Å². The third-order valence-electron chi connectivity index (χ3n) is 1.90. The lowest BCUT2D eigenvalue weighted by Gasteiger charge is -2.26. The number of thiocarbonyl (C=S) groups is 1. The SMILES string of the molecule is NNC(=S)NCC(=O)N1CCOCC1. The maximum atomic E-state index is 11.5. The normalized spacial score (nSPS) is 16.2. The first-order valence-corrected chi connectivity index (χ1v) is 4.75. The van der Waals surface area contributed by atoms with Gasteiger partial charge in [-0.15, -0.1) is 0 Å². The van der Waals surface area contributed by atoms with Gasteiger partial charge in [0.2, 0.25) is 5.91 Å². The van der Waals surface area contributed by atoms with Crippen molar-refractivity contribution >= 4 is 23.2 Å². The minimum Gasteiger partial charge on any atom is -0.378 e. The highest BCUT2D eigenvalue weighted by atomic mass is 32.1. The summed E-state index contributed by atoms with van der Waals surface area (Å²) in [6, 6.07) is 0. The Morgan fingerprint density at radius 2 is 2.14 bits per heavy atom. The van der Waals surface area contributed by atoms with Crippen LogP contribution >= 0.6 is 12.2 Å². The van der Waals surface area contributed by atoms with Crippen molar-refractivity contribution in [3.05, 3.63) is 0 Å². The zero-order valence-electron chi connectivity index (χ0n) is 7.78. The predicted octanol–water partition coefficient (Wildman–Crippen LogP) is -1.82. The molecule has 0 aromatic rings. The summed E-state index contributed by atoms with van der Waals surface area (Å²) in [5.41, 5.74) is 2.25. The van der Waals surface area contributed by atoms with Crippen molar-refractivity contribution in [2.75, 3.05) is 32.8 Å². The fourth-order valence-electron chi connectivity index (χ4n) is 1.13. The molecular formula is C7H14N4O2S. The van der Waals surface area contributed by atoms with Crippen LogP contribution in [0, 0.1) is 0 Å². The molecule has 7 heteroatoms. The van der Waals surface area contributed by atoms with Crippen LogP contribution in [0.2, 0.25) is 0 Å². The molecular weight excluding hydrogens is 204 g/mol. The Labute approximate surface area is 87.7 Å². The van der Waals surface area contributed by atoms with Gasteiger partial charge < -0.3 is 20.4 Å². The minimum atomic E-state index is 0.00546. The van der Waals surface area contributed by atoms with Crippen LogP contribution in [0.25, 0.3) is 0 Å². The van der Waals surface area contributed by atoms with E-state index in [0.29, 0.717) is 26.3 Å². The quantitative estimate of drug-likeness (QED) is 0.288. The van der Waals surface area contributed by atoms with E-state index in [1.165, 1.54) is 0 Å². The lowest BCUT2D eigenvalue weighted by atomic mass is 10.4. The lowest BCUT2D eigenvalue weighted by Crippen LogP contribution is -2.48. The number of morpholine rings is 1. The second-order valence-electron chi connectivity index (χ2n) is 2.82. The van der Waals surface area contributed by atoms with E-state index in [-0.39, 0.29) is 17.6 Å². The van der Waals surface area contributed by atoms with Gasteiger partial charge in [0, 0.05) is 13.1 Å². The van der Waals surface area contributed by atoms with Crippen LogP contribution in [0.3, 0.4) is 0 Å². The second-order valence-corrected chi connectivity index (χ2v) is 3.23. The van der Waals surface area contributed by atoms with E-state index in [1.807, 2.05) is 0 Å². The third kappa shape index (κ3) is 3.44. The topological polar surface area (TPSA) is 79.6 Å². The number of nitrogens with one attached hydrogen (secondary N) is 2. The summed E-state index contributed by atoms with van der Waals surface area (Å²) in [4.78, 5) is 13.2. The molecule has 0 atom stereocenters. The Balaban J connectivity index is 2.23. The van der Waals surface area contributed by atoms with Gasteiger partial charge >= 0.3 is 0 Å².